The van der Waals surface area contributed by atoms with Crippen molar-refractivity contribution in [1.29, 1.82) is 0 Å². The number of aliphatic hydroxyl groups excluding tert-OH is 1. The van der Waals surface area contributed by atoms with Gasteiger partial charge in [0.15, 0.2) is 5.78 Å². The summed E-state index contributed by atoms with van der Waals surface area (Å²) in [6, 6.07) is 5.84. The fraction of sp³-hybridized carbons (Fsp3) is 0.462. The molecular weight excluding hydrogens is 202 g/mol. The number of carbonyl (C=O) groups excluding carboxylic acids is 1. The molecule has 0 aliphatic rings. The normalized spacial score (nSPS) is 10.4. The number of ketones is 1. The second-order valence-electron chi connectivity index (χ2n) is 4.00. The monoisotopic (exact) mass is 221 g/mol. The lowest BCUT2D eigenvalue weighted by Crippen LogP contribution is -2.25. The lowest BCUT2D eigenvalue weighted by Gasteiger charge is -2.07. The Bertz CT molecular complexity index is 361. The predicted octanol–water partition coefficient (Wildman–Crippen LogP) is 1.46. The third-order valence-electron chi connectivity index (χ3n) is 2.48. The zero-order valence-corrected chi connectivity index (χ0v) is 9.92. The Hall–Kier alpha value is -1.19. The number of benzene rings is 1. The third kappa shape index (κ3) is 3.76. The Morgan fingerprint density at radius 1 is 1.38 bits per heavy atom. The highest BCUT2D eigenvalue weighted by Gasteiger charge is 2.07. The van der Waals surface area contributed by atoms with Gasteiger partial charge in [0.05, 0.1) is 6.54 Å². The summed E-state index contributed by atoms with van der Waals surface area (Å²) in [7, 11) is 0. The Morgan fingerprint density at radius 2 is 2.12 bits per heavy atom. The molecule has 0 saturated heterocycles. The maximum atomic E-state index is 11.8. The summed E-state index contributed by atoms with van der Waals surface area (Å²) in [5, 5.41) is 11.6. The maximum Gasteiger partial charge on any atom is 0.176 e. The lowest BCUT2D eigenvalue weighted by atomic mass is 10.0. The Kier molecular flexibility index (Phi) is 5.15. The first kappa shape index (κ1) is 12.9. The lowest BCUT2D eigenvalue weighted by molar-refractivity contribution is 0.0990. The van der Waals surface area contributed by atoms with Crippen LogP contribution >= 0.6 is 0 Å². The number of aliphatic hydroxyl groups is 1. The van der Waals surface area contributed by atoms with Gasteiger partial charge in [-0.25, -0.2) is 0 Å². The molecule has 0 atom stereocenters. The zero-order valence-electron chi connectivity index (χ0n) is 9.92. The van der Waals surface area contributed by atoms with Gasteiger partial charge < -0.3 is 10.4 Å². The minimum Gasteiger partial charge on any atom is -0.396 e. The summed E-state index contributed by atoms with van der Waals surface area (Å²) in [5.41, 5.74) is 2.97. The number of rotatable bonds is 6. The Labute approximate surface area is 96.5 Å². The van der Waals surface area contributed by atoms with Crippen LogP contribution in [0.3, 0.4) is 0 Å². The van der Waals surface area contributed by atoms with Gasteiger partial charge in [0.1, 0.15) is 0 Å². The molecule has 0 spiro atoms. The van der Waals surface area contributed by atoms with Crippen molar-refractivity contribution in [3.05, 3.63) is 34.9 Å². The second kappa shape index (κ2) is 6.40. The molecule has 1 aromatic rings. The summed E-state index contributed by atoms with van der Waals surface area (Å²) in [6.45, 7) is 5.14. The number of hydrogen-bond acceptors (Lipinski definition) is 3. The molecule has 0 aromatic heterocycles. The quantitative estimate of drug-likeness (QED) is 0.565. The topological polar surface area (TPSA) is 49.3 Å². The minimum atomic E-state index is 0.107. The molecule has 88 valence electrons. The van der Waals surface area contributed by atoms with E-state index in [4.69, 9.17) is 5.11 Å². The van der Waals surface area contributed by atoms with Crippen molar-refractivity contribution in [2.75, 3.05) is 19.7 Å². The van der Waals surface area contributed by atoms with Crippen molar-refractivity contribution in [2.24, 2.45) is 0 Å². The minimum absolute atomic E-state index is 0.107. The molecule has 3 nitrogen and oxygen atoms in total. The molecule has 2 N–H and O–H groups in total. The average molecular weight is 221 g/mol. The van der Waals surface area contributed by atoms with E-state index in [1.807, 2.05) is 32.0 Å². The highest BCUT2D eigenvalue weighted by atomic mass is 16.3. The van der Waals surface area contributed by atoms with E-state index in [2.05, 4.69) is 5.32 Å². The van der Waals surface area contributed by atoms with Crippen LogP contribution in [0.25, 0.3) is 0 Å². The van der Waals surface area contributed by atoms with Gasteiger partial charge in [0, 0.05) is 12.2 Å². The van der Waals surface area contributed by atoms with Crippen molar-refractivity contribution >= 4 is 5.78 Å². The molecule has 0 aliphatic carbocycles. The van der Waals surface area contributed by atoms with Crippen LogP contribution in [0.5, 0.6) is 0 Å². The highest BCUT2D eigenvalue weighted by Crippen LogP contribution is 2.10. The van der Waals surface area contributed by atoms with Crippen LogP contribution in [0, 0.1) is 13.8 Å². The molecule has 1 rings (SSSR count). The van der Waals surface area contributed by atoms with E-state index in [1.54, 1.807) is 0 Å². The number of hydrogen-bond donors (Lipinski definition) is 2. The van der Waals surface area contributed by atoms with Gasteiger partial charge in [-0.15, -0.1) is 0 Å². The van der Waals surface area contributed by atoms with E-state index in [0.29, 0.717) is 19.5 Å². The molecule has 0 fully saturated rings. The Balaban J connectivity index is 2.53. The van der Waals surface area contributed by atoms with Gasteiger partial charge in [-0.3, -0.25) is 4.79 Å². The van der Waals surface area contributed by atoms with Gasteiger partial charge in [-0.05, 0) is 32.4 Å². The summed E-state index contributed by atoms with van der Waals surface area (Å²) in [4.78, 5) is 11.8. The number of aryl methyl sites for hydroxylation is 2. The predicted molar refractivity (Wildman–Crippen MR) is 64.8 cm³/mol. The fourth-order valence-electron chi connectivity index (χ4n) is 1.63. The number of nitrogens with one attached hydrogen (secondary N) is 1. The van der Waals surface area contributed by atoms with Crippen molar-refractivity contribution in [1.82, 2.24) is 5.32 Å². The first-order valence-electron chi connectivity index (χ1n) is 5.57. The SMILES string of the molecule is Cc1ccc(C(=O)CNCCCO)c(C)c1. The van der Waals surface area contributed by atoms with Gasteiger partial charge in [-0.1, -0.05) is 23.8 Å². The van der Waals surface area contributed by atoms with Crippen molar-refractivity contribution in [2.45, 2.75) is 20.3 Å². The molecule has 1 aromatic carbocycles. The molecule has 0 saturated carbocycles. The van der Waals surface area contributed by atoms with E-state index < -0.39 is 0 Å². The number of carbonyl (C=O) groups is 1. The summed E-state index contributed by atoms with van der Waals surface area (Å²) >= 11 is 0. The van der Waals surface area contributed by atoms with Crippen molar-refractivity contribution < 1.29 is 9.90 Å². The molecule has 0 aliphatic heterocycles. The van der Waals surface area contributed by atoms with E-state index in [-0.39, 0.29) is 12.4 Å². The molecule has 16 heavy (non-hydrogen) atoms. The molecular formula is C13H19NO2. The summed E-state index contributed by atoms with van der Waals surface area (Å²) in [6.07, 6.45) is 0.681. The van der Waals surface area contributed by atoms with Gasteiger partial charge in [-0.2, -0.15) is 0 Å². The van der Waals surface area contributed by atoms with Gasteiger partial charge in [0.25, 0.3) is 0 Å². The molecule has 0 unspecified atom stereocenters. The summed E-state index contributed by atoms with van der Waals surface area (Å²) < 4.78 is 0. The zero-order chi connectivity index (χ0) is 12.0. The van der Waals surface area contributed by atoms with E-state index in [0.717, 1.165) is 11.1 Å². The molecule has 0 radical (unpaired) electrons. The second-order valence-corrected chi connectivity index (χ2v) is 4.00. The van der Waals surface area contributed by atoms with Crippen LogP contribution in [-0.2, 0) is 0 Å². The van der Waals surface area contributed by atoms with Crippen LogP contribution in [0.15, 0.2) is 18.2 Å². The first-order chi connectivity index (χ1) is 7.65. The third-order valence-corrected chi connectivity index (χ3v) is 2.48. The van der Waals surface area contributed by atoms with Crippen molar-refractivity contribution in [3.8, 4) is 0 Å². The van der Waals surface area contributed by atoms with E-state index in [9.17, 15) is 4.79 Å². The van der Waals surface area contributed by atoms with Crippen LogP contribution in [0.2, 0.25) is 0 Å². The smallest absolute Gasteiger partial charge is 0.176 e. The molecule has 0 bridgehead atoms. The highest BCUT2D eigenvalue weighted by molar-refractivity contribution is 5.98. The van der Waals surface area contributed by atoms with Crippen LogP contribution in [0.4, 0.5) is 0 Å². The van der Waals surface area contributed by atoms with Gasteiger partial charge in [0.2, 0.25) is 0 Å². The average Bonchev–Trinajstić information content (AvgIpc) is 2.24. The van der Waals surface area contributed by atoms with Crippen LogP contribution in [-0.4, -0.2) is 30.6 Å². The summed E-state index contributed by atoms with van der Waals surface area (Å²) in [5.74, 6) is 0.107. The number of Topliss-reactive ketones (excluding diaryl/α,β-unsaturated/α-hetero) is 1. The molecule has 0 amide bonds. The van der Waals surface area contributed by atoms with Crippen molar-refractivity contribution in [3.63, 3.8) is 0 Å². The largest absolute Gasteiger partial charge is 0.396 e. The fourth-order valence-corrected chi connectivity index (χ4v) is 1.63. The Morgan fingerprint density at radius 3 is 2.75 bits per heavy atom. The van der Waals surface area contributed by atoms with E-state index >= 15 is 0 Å². The standard InChI is InChI=1S/C13H19NO2/c1-10-4-5-12(11(2)8-10)13(16)9-14-6-3-7-15/h4-5,8,14-15H,3,6-7,9H2,1-2H3. The van der Waals surface area contributed by atoms with E-state index in [1.165, 1.54) is 5.56 Å². The van der Waals surface area contributed by atoms with Crippen LogP contribution < -0.4 is 5.32 Å². The molecule has 0 heterocycles. The maximum absolute atomic E-state index is 11.8. The van der Waals surface area contributed by atoms with Gasteiger partial charge >= 0.3 is 0 Å². The van der Waals surface area contributed by atoms with Crippen LogP contribution in [0.1, 0.15) is 27.9 Å². The molecule has 3 heteroatoms. The first-order valence-corrected chi connectivity index (χ1v) is 5.57.